The number of benzene rings is 2. The van der Waals surface area contributed by atoms with Crippen LogP contribution in [0.25, 0.3) is 10.9 Å². The van der Waals surface area contributed by atoms with Crippen molar-refractivity contribution in [3.63, 3.8) is 0 Å². The summed E-state index contributed by atoms with van der Waals surface area (Å²) in [4.78, 5) is 16.1. The zero-order chi connectivity index (χ0) is 16.1. The molecule has 116 valence electrons. The summed E-state index contributed by atoms with van der Waals surface area (Å²) in [5.41, 5.74) is 3.16. The van der Waals surface area contributed by atoms with E-state index in [0.717, 1.165) is 16.5 Å². The van der Waals surface area contributed by atoms with Crippen molar-refractivity contribution in [2.75, 3.05) is 6.61 Å². The third-order valence-corrected chi connectivity index (χ3v) is 3.52. The largest absolute Gasteiger partial charge is 0.484 e. The second-order valence-electron chi connectivity index (χ2n) is 5.41. The quantitative estimate of drug-likeness (QED) is 0.787. The highest BCUT2D eigenvalue weighted by Gasteiger charge is 2.04. The lowest BCUT2D eigenvalue weighted by atomic mass is 10.1. The minimum atomic E-state index is -0.141. The normalized spacial score (nSPS) is 10.5. The smallest absolute Gasteiger partial charge is 0.258 e. The van der Waals surface area contributed by atoms with Gasteiger partial charge in [0.1, 0.15) is 5.75 Å². The van der Waals surface area contributed by atoms with Crippen molar-refractivity contribution in [2.45, 2.75) is 13.5 Å². The van der Waals surface area contributed by atoms with Crippen LogP contribution in [0.3, 0.4) is 0 Å². The van der Waals surface area contributed by atoms with Crippen LogP contribution in [0.4, 0.5) is 0 Å². The molecule has 0 aliphatic carbocycles. The van der Waals surface area contributed by atoms with Crippen molar-refractivity contribution in [3.8, 4) is 5.75 Å². The van der Waals surface area contributed by atoms with E-state index < -0.39 is 0 Å². The number of nitrogens with one attached hydrogen (secondary N) is 1. The Hall–Kier alpha value is -2.88. The Labute approximate surface area is 135 Å². The van der Waals surface area contributed by atoms with Gasteiger partial charge in [-0.05, 0) is 36.8 Å². The van der Waals surface area contributed by atoms with Gasteiger partial charge in [0, 0.05) is 18.1 Å². The number of nitrogens with zero attached hydrogens (tertiary/aromatic N) is 1. The van der Waals surface area contributed by atoms with Crippen molar-refractivity contribution in [1.82, 2.24) is 10.3 Å². The average Bonchev–Trinajstić information content (AvgIpc) is 2.58. The summed E-state index contributed by atoms with van der Waals surface area (Å²) in [5, 5.41) is 3.85. The fourth-order valence-electron chi connectivity index (χ4n) is 2.37. The van der Waals surface area contributed by atoms with Gasteiger partial charge < -0.3 is 10.1 Å². The SMILES string of the molecule is Cc1cccc(CNC(=O)COc2ccc3ncccc3c2)c1. The van der Waals surface area contributed by atoms with Gasteiger partial charge in [-0.25, -0.2) is 0 Å². The van der Waals surface area contributed by atoms with Gasteiger partial charge in [-0.1, -0.05) is 35.9 Å². The Kier molecular flexibility index (Phi) is 4.52. The maximum Gasteiger partial charge on any atom is 0.258 e. The Morgan fingerprint density at radius 3 is 2.91 bits per heavy atom. The molecule has 0 spiro atoms. The van der Waals surface area contributed by atoms with Crippen molar-refractivity contribution < 1.29 is 9.53 Å². The van der Waals surface area contributed by atoms with Crippen LogP contribution >= 0.6 is 0 Å². The topological polar surface area (TPSA) is 51.2 Å². The highest BCUT2D eigenvalue weighted by Crippen LogP contribution is 2.18. The first-order chi connectivity index (χ1) is 11.2. The fourth-order valence-corrected chi connectivity index (χ4v) is 2.37. The minimum Gasteiger partial charge on any atom is -0.484 e. The number of ether oxygens (including phenoxy) is 1. The summed E-state index contributed by atoms with van der Waals surface area (Å²) in [6.45, 7) is 2.53. The van der Waals surface area contributed by atoms with Crippen LogP contribution in [0.1, 0.15) is 11.1 Å². The van der Waals surface area contributed by atoms with Crippen LogP contribution in [-0.2, 0) is 11.3 Å². The van der Waals surface area contributed by atoms with E-state index in [4.69, 9.17) is 4.74 Å². The summed E-state index contributed by atoms with van der Waals surface area (Å²) in [6.07, 6.45) is 1.75. The van der Waals surface area contributed by atoms with Crippen molar-refractivity contribution in [1.29, 1.82) is 0 Å². The Morgan fingerprint density at radius 1 is 1.13 bits per heavy atom. The summed E-state index contributed by atoms with van der Waals surface area (Å²) in [5.74, 6) is 0.522. The number of aryl methyl sites for hydroxylation is 1. The molecule has 0 unspecified atom stereocenters. The molecule has 1 N–H and O–H groups in total. The summed E-state index contributed by atoms with van der Waals surface area (Å²) in [7, 11) is 0. The van der Waals surface area contributed by atoms with Gasteiger partial charge in [0.15, 0.2) is 6.61 Å². The zero-order valence-electron chi connectivity index (χ0n) is 13.0. The van der Waals surface area contributed by atoms with Crippen molar-refractivity contribution in [3.05, 3.63) is 71.9 Å². The Balaban J connectivity index is 1.53. The van der Waals surface area contributed by atoms with Crippen LogP contribution in [0.2, 0.25) is 0 Å². The Morgan fingerprint density at radius 2 is 2.04 bits per heavy atom. The van der Waals surface area contributed by atoms with Crippen LogP contribution in [0.15, 0.2) is 60.8 Å². The lowest BCUT2D eigenvalue weighted by molar-refractivity contribution is -0.123. The number of aromatic nitrogens is 1. The second kappa shape index (κ2) is 6.92. The molecule has 3 aromatic rings. The standard InChI is InChI=1S/C19H18N2O2/c1-14-4-2-5-15(10-14)12-21-19(22)13-23-17-7-8-18-16(11-17)6-3-9-20-18/h2-11H,12-13H2,1H3,(H,21,22). The maximum absolute atomic E-state index is 11.9. The first-order valence-corrected chi connectivity index (χ1v) is 7.50. The molecule has 1 aromatic heterocycles. The zero-order valence-corrected chi connectivity index (χ0v) is 13.0. The van der Waals surface area contributed by atoms with Crippen LogP contribution in [-0.4, -0.2) is 17.5 Å². The molecule has 0 aliphatic rings. The van der Waals surface area contributed by atoms with Crippen molar-refractivity contribution in [2.24, 2.45) is 0 Å². The van der Waals surface area contributed by atoms with E-state index in [-0.39, 0.29) is 12.5 Å². The molecule has 0 aliphatic heterocycles. The summed E-state index contributed by atoms with van der Waals surface area (Å²) < 4.78 is 5.55. The van der Waals surface area contributed by atoms with E-state index in [2.05, 4.69) is 16.4 Å². The molecule has 1 amide bonds. The van der Waals surface area contributed by atoms with Crippen molar-refractivity contribution >= 4 is 16.8 Å². The van der Waals surface area contributed by atoms with E-state index in [1.165, 1.54) is 5.56 Å². The number of hydrogen-bond donors (Lipinski definition) is 1. The molecule has 0 saturated carbocycles. The Bertz CT molecular complexity index is 830. The highest BCUT2D eigenvalue weighted by molar-refractivity contribution is 5.80. The number of carbonyl (C=O) groups excluding carboxylic acids is 1. The first kappa shape index (κ1) is 15.0. The monoisotopic (exact) mass is 306 g/mol. The molecule has 0 bridgehead atoms. The lowest BCUT2D eigenvalue weighted by Gasteiger charge is -2.08. The third-order valence-electron chi connectivity index (χ3n) is 3.52. The maximum atomic E-state index is 11.9. The van der Waals surface area contributed by atoms with Crippen LogP contribution in [0, 0.1) is 6.92 Å². The van der Waals surface area contributed by atoms with Gasteiger partial charge in [-0.2, -0.15) is 0 Å². The molecule has 4 heteroatoms. The predicted molar refractivity (Wildman–Crippen MR) is 90.3 cm³/mol. The lowest BCUT2D eigenvalue weighted by Crippen LogP contribution is -2.28. The molecule has 3 rings (SSSR count). The molecule has 4 nitrogen and oxygen atoms in total. The van der Waals surface area contributed by atoms with E-state index in [0.29, 0.717) is 12.3 Å². The van der Waals surface area contributed by atoms with Gasteiger partial charge in [0.25, 0.3) is 5.91 Å². The fraction of sp³-hybridized carbons (Fsp3) is 0.158. The van der Waals surface area contributed by atoms with Gasteiger partial charge >= 0.3 is 0 Å². The molecule has 0 radical (unpaired) electrons. The number of pyridine rings is 1. The van der Waals surface area contributed by atoms with E-state index in [1.807, 2.05) is 55.5 Å². The van der Waals surface area contributed by atoms with Gasteiger partial charge in [-0.3, -0.25) is 9.78 Å². The predicted octanol–water partition coefficient (Wildman–Crippen LogP) is 3.24. The highest BCUT2D eigenvalue weighted by atomic mass is 16.5. The molecule has 2 aromatic carbocycles. The number of amides is 1. The van der Waals surface area contributed by atoms with Gasteiger partial charge in [-0.15, -0.1) is 0 Å². The van der Waals surface area contributed by atoms with E-state index in [9.17, 15) is 4.79 Å². The molecule has 1 heterocycles. The molecule has 0 fully saturated rings. The molecule has 0 atom stereocenters. The molecular formula is C19H18N2O2. The minimum absolute atomic E-state index is 0.00240. The number of hydrogen-bond acceptors (Lipinski definition) is 3. The number of rotatable bonds is 5. The molecule has 0 saturated heterocycles. The summed E-state index contributed by atoms with van der Waals surface area (Å²) >= 11 is 0. The third kappa shape index (κ3) is 4.07. The molecule has 23 heavy (non-hydrogen) atoms. The van der Waals surface area contributed by atoms with Crippen LogP contribution < -0.4 is 10.1 Å². The molecular weight excluding hydrogens is 288 g/mol. The second-order valence-corrected chi connectivity index (χ2v) is 5.41. The number of carbonyl (C=O) groups is 1. The average molecular weight is 306 g/mol. The van der Waals surface area contributed by atoms with E-state index in [1.54, 1.807) is 6.20 Å². The summed E-state index contributed by atoms with van der Waals surface area (Å²) in [6, 6.07) is 17.5. The first-order valence-electron chi connectivity index (χ1n) is 7.50. The van der Waals surface area contributed by atoms with Crippen LogP contribution in [0.5, 0.6) is 5.75 Å². The van der Waals surface area contributed by atoms with Gasteiger partial charge in [0.05, 0.1) is 5.52 Å². The van der Waals surface area contributed by atoms with Gasteiger partial charge in [0.2, 0.25) is 0 Å². The number of fused-ring (bicyclic) bond motifs is 1. The van der Waals surface area contributed by atoms with E-state index >= 15 is 0 Å².